The molecule has 0 saturated carbocycles. The van der Waals surface area contributed by atoms with Crippen LogP contribution in [0.3, 0.4) is 0 Å². The van der Waals surface area contributed by atoms with E-state index in [2.05, 4.69) is 6.08 Å². The van der Waals surface area contributed by atoms with E-state index in [1.54, 1.807) is 42.7 Å². The first-order chi connectivity index (χ1) is 37.5. The molecule has 0 aliphatic heterocycles. The summed E-state index contributed by atoms with van der Waals surface area (Å²) < 4.78 is 112. The molecule has 0 aliphatic rings. The Hall–Kier alpha value is -3.92. The zero-order chi connectivity index (χ0) is 54.8. The van der Waals surface area contributed by atoms with Gasteiger partial charge in [-0.1, -0.05) is 12.2 Å². The predicted molar refractivity (Wildman–Crippen MR) is 281 cm³/mol. The number of allylic oxidation sites excluding steroid dienone is 2. The molecular weight excluding hydrogens is 1000 g/mol. The van der Waals surface area contributed by atoms with Gasteiger partial charge in [-0.25, -0.2) is 0 Å². The SMILES string of the molecule is COc1cc(CC(/C=C/COCCOCCOCCOCCOCCOCCOCCO)=C(\COCCOCCOCCOCCOCCOCCOCCO)Cc2cc(OC)c(OC)c(OC)c2)cc(OC)c1OC. The van der Waals surface area contributed by atoms with Gasteiger partial charge in [-0.3, -0.25) is 0 Å². The van der Waals surface area contributed by atoms with Crippen molar-refractivity contribution in [1.82, 2.24) is 0 Å². The number of rotatable bonds is 55. The Morgan fingerprint density at radius 3 is 0.868 bits per heavy atom. The van der Waals surface area contributed by atoms with Crippen LogP contribution in [0.1, 0.15) is 11.1 Å². The summed E-state index contributed by atoms with van der Waals surface area (Å²) in [5.41, 5.74) is 3.81. The van der Waals surface area contributed by atoms with Gasteiger partial charge in [0, 0.05) is 0 Å². The smallest absolute Gasteiger partial charge is 0.203 e. The molecule has 0 radical (unpaired) electrons. The van der Waals surface area contributed by atoms with Crippen molar-refractivity contribution in [2.45, 2.75) is 12.8 Å². The van der Waals surface area contributed by atoms with Gasteiger partial charge in [0.25, 0.3) is 0 Å². The third-order valence-corrected chi connectivity index (χ3v) is 10.5. The van der Waals surface area contributed by atoms with Gasteiger partial charge < -0.3 is 105 Å². The Morgan fingerprint density at radius 2 is 0.592 bits per heavy atom. The highest BCUT2D eigenvalue weighted by Crippen LogP contribution is 2.40. The predicted octanol–water partition coefficient (Wildman–Crippen LogP) is 3.59. The van der Waals surface area contributed by atoms with E-state index in [9.17, 15) is 0 Å². The second-order valence-electron chi connectivity index (χ2n) is 15.9. The Labute approximate surface area is 450 Å². The summed E-state index contributed by atoms with van der Waals surface area (Å²) in [4.78, 5) is 0. The molecule has 0 aromatic heterocycles. The van der Waals surface area contributed by atoms with Crippen molar-refractivity contribution in [3.63, 3.8) is 0 Å². The lowest BCUT2D eigenvalue weighted by Crippen LogP contribution is -2.15. The van der Waals surface area contributed by atoms with Crippen LogP contribution in [-0.4, -0.2) is 251 Å². The molecule has 22 heteroatoms. The first-order valence-corrected chi connectivity index (χ1v) is 25.7. The summed E-state index contributed by atoms with van der Waals surface area (Å²) in [6.45, 7) is 11.7. The highest BCUT2D eigenvalue weighted by atomic mass is 16.6. The van der Waals surface area contributed by atoms with Crippen molar-refractivity contribution >= 4 is 0 Å². The molecule has 0 unspecified atom stereocenters. The van der Waals surface area contributed by atoms with Crippen LogP contribution in [0.15, 0.2) is 47.6 Å². The van der Waals surface area contributed by atoms with Gasteiger partial charge in [-0.05, 0) is 59.4 Å². The average molecular weight is 1090 g/mol. The van der Waals surface area contributed by atoms with Crippen molar-refractivity contribution in [3.05, 3.63) is 58.7 Å². The molecule has 0 bridgehead atoms. The molecule has 0 saturated heterocycles. The van der Waals surface area contributed by atoms with E-state index in [0.29, 0.717) is 226 Å². The highest BCUT2D eigenvalue weighted by molar-refractivity contribution is 5.56. The third-order valence-electron chi connectivity index (χ3n) is 10.5. The zero-order valence-electron chi connectivity index (χ0n) is 46.2. The standard InChI is InChI=1S/C54H90O22/c1-57-49-40-45(41-50(58-2)53(49)61-5)38-47(8-7-11-63-14-17-66-20-23-69-26-29-72-30-27-70-24-21-67-18-15-64-12-9-55)48(39-46-42-51(59-3)54(62-6)52(43-46)60-4)44-76-37-36-75-35-34-74-33-32-73-31-28-71-25-22-68-19-16-65-13-10-56/h7-8,40-43,55-56H,9-39,44H2,1-6H3/b8-7+,48-47-. The van der Waals surface area contributed by atoms with E-state index in [-0.39, 0.29) is 19.8 Å². The van der Waals surface area contributed by atoms with E-state index < -0.39 is 0 Å². The molecular formula is C54H90O22. The lowest BCUT2D eigenvalue weighted by molar-refractivity contribution is -0.0209. The fourth-order valence-corrected chi connectivity index (χ4v) is 6.81. The van der Waals surface area contributed by atoms with Crippen molar-refractivity contribution in [3.8, 4) is 34.5 Å². The van der Waals surface area contributed by atoms with Crippen molar-refractivity contribution < 1.29 is 105 Å². The van der Waals surface area contributed by atoms with E-state index in [1.807, 2.05) is 30.3 Å². The second kappa shape index (κ2) is 49.4. The highest BCUT2D eigenvalue weighted by Gasteiger charge is 2.18. The number of hydrogen-bond acceptors (Lipinski definition) is 22. The van der Waals surface area contributed by atoms with E-state index in [1.165, 1.54) is 0 Å². The number of ether oxygens (including phenoxy) is 20. The van der Waals surface area contributed by atoms with Gasteiger partial charge in [-0.2, -0.15) is 0 Å². The number of aliphatic hydroxyl groups excluding tert-OH is 2. The Kier molecular flexibility index (Phi) is 44.3. The average Bonchev–Trinajstić information content (AvgIpc) is 3.44. The number of aliphatic hydroxyl groups is 2. The number of methoxy groups -OCH3 is 6. The van der Waals surface area contributed by atoms with Crippen LogP contribution in [0.4, 0.5) is 0 Å². The van der Waals surface area contributed by atoms with Gasteiger partial charge in [0.2, 0.25) is 11.5 Å². The van der Waals surface area contributed by atoms with Gasteiger partial charge in [0.15, 0.2) is 23.0 Å². The Morgan fingerprint density at radius 1 is 0.329 bits per heavy atom. The summed E-state index contributed by atoms with van der Waals surface area (Å²) in [5.74, 6) is 3.15. The molecule has 76 heavy (non-hydrogen) atoms. The molecule has 2 aromatic rings. The Balaban J connectivity index is 1.95. The maximum Gasteiger partial charge on any atom is 0.203 e. The normalized spacial score (nSPS) is 11.9. The molecule has 0 aliphatic carbocycles. The van der Waals surface area contributed by atoms with Crippen LogP contribution < -0.4 is 28.4 Å². The van der Waals surface area contributed by atoms with Crippen LogP contribution >= 0.6 is 0 Å². The van der Waals surface area contributed by atoms with Gasteiger partial charge in [-0.15, -0.1) is 0 Å². The van der Waals surface area contributed by atoms with Gasteiger partial charge in [0.05, 0.1) is 241 Å². The second-order valence-corrected chi connectivity index (χ2v) is 15.9. The fourth-order valence-electron chi connectivity index (χ4n) is 6.81. The van der Waals surface area contributed by atoms with E-state index in [0.717, 1.165) is 22.3 Å². The zero-order valence-corrected chi connectivity index (χ0v) is 46.2. The minimum atomic E-state index is 0.00143. The summed E-state index contributed by atoms with van der Waals surface area (Å²) in [7, 11) is 9.52. The first-order valence-electron chi connectivity index (χ1n) is 25.7. The molecule has 0 fully saturated rings. The molecule has 438 valence electrons. The lowest BCUT2D eigenvalue weighted by Gasteiger charge is -2.19. The summed E-state index contributed by atoms with van der Waals surface area (Å²) in [5, 5.41) is 17.4. The van der Waals surface area contributed by atoms with Crippen LogP contribution in [0.25, 0.3) is 0 Å². The minimum absolute atomic E-state index is 0.00143. The molecule has 2 N–H and O–H groups in total. The molecule has 2 rings (SSSR count). The van der Waals surface area contributed by atoms with Crippen molar-refractivity contribution in [2.24, 2.45) is 0 Å². The summed E-state index contributed by atoms with van der Waals surface area (Å²) >= 11 is 0. The lowest BCUT2D eigenvalue weighted by atomic mass is 9.94. The number of benzene rings is 2. The molecule has 22 nitrogen and oxygen atoms in total. The first kappa shape index (κ1) is 68.2. The third kappa shape index (κ3) is 33.4. The molecule has 0 atom stereocenters. The Bertz CT molecular complexity index is 1680. The molecule has 0 amide bonds. The maximum absolute atomic E-state index is 8.70. The van der Waals surface area contributed by atoms with E-state index >= 15 is 0 Å². The maximum atomic E-state index is 8.70. The van der Waals surface area contributed by atoms with Crippen LogP contribution in [0, 0.1) is 0 Å². The van der Waals surface area contributed by atoms with Crippen molar-refractivity contribution in [2.75, 3.05) is 241 Å². The van der Waals surface area contributed by atoms with Crippen LogP contribution in [0.2, 0.25) is 0 Å². The van der Waals surface area contributed by atoms with Crippen LogP contribution in [0.5, 0.6) is 34.5 Å². The van der Waals surface area contributed by atoms with Gasteiger partial charge in [0.1, 0.15) is 0 Å². The number of hydrogen-bond donors (Lipinski definition) is 2. The largest absolute Gasteiger partial charge is 0.493 e. The molecule has 0 spiro atoms. The molecule has 0 heterocycles. The monoisotopic (exact) mass is 1090 g/mol. The fraction of sp³-hybridized carbons (Fsp3) is 0.704. The summed E-state index contributed by atoms with van der Waals surface area (Å²) in [6.07, 6.45) is 5.00. The van der Waals surface area contributed by atoms with E-state index in [4.69, 9.17) is 105 Å². The van der Waals surface area contributed by atoms with Gasteiger partial charge >= 0.3 is 0 Å². The molecule has 2 aromatic carbocycles. The minimum Gasteiger partial charge on any atom is -0.493 e. The topological polar surface area (TPSA) is 225 Å². The van der Waals surface area contributed by atoms with Crippen LogP contribution in [-0.2, 0) is 79.2 Å². The summed E-state index contributed by atoms with van der Waals surface area (Å²) in [6, 6.07) is 7.74. The quantitative estimate of drug-likeness (QED) is 0.0713. The van der Waals surface area contributed by atoms with Crippen molar-refractivity contribution in [1.29, 1.82) is 0 Å².